The van der Waals surface area contributed by atoms with E-state index in [4.69, 9.17) is 4.74 Å². The van der Waals surface area contributed by atoms with E-state index in [0.29, 0.717) is 25.4 Å². The molecular formula is C22H33N3O4. The molecule has 29 heavy (non-hydrogen) atoms. The number of ether oxygens (including phenoxy) is 1. The van der Waals surface area contributed by atoms with Crippen molar-refractivity contribution in [1.29, 1.82) is 0 Å². The molecule has 1 saturated heterocycles. The van der Waals surface area contributed by atoms with Gasteiger partial charge in [-0.25, -0.2) is 0 Å². The fourth-order valence-electron chi connectivity index (χ4n) is 3.30. The summed E-state index contributed by atoms with van der Waals surface area (Å²) in [6, 6.07) is 7.73. The van der Waals surface area contributed by atoms with Gasteiger partial charge < -0.3 is 20.3 Å². The third-order valence-electron chi connectivity index (χ3n) is 4.88. The summed E-state index contributed by atoms with van der Waals surface area (Å²) in [5.41, 5.74) is 0.964. The van der Waals surface area contributed by atoms with Gasteiger partial charge in [-0.15, -0.1) is 0 Å². The Bertz CT molecular complexity index is 710. The first-order chi connectivity index (χ1) is 13.7. The van der Waals surface area contributed by atoms with E-state index >= 15 is 0 Å². The molecule has 1 heterocycles. The highest BCUT2D eigenvalue weighted by Gasteiger charge is 2.39. The molecule has 2 rings (SSSR count). The predicted octanol–water partition coefficient (Wildman–Crippen LogP) is 1.90. The minimum absolute atomic E-state index is 0.00540. The summed E-state index contributed by atoms with van der Waals surface area (Å²) in [6.07, 6.45) is 2.35. The third kappa shape index (κ3) is 7.07. The van der Waals surface area contributed by atoms with Crippen LogP contribution >= 0.6 is 0 Å². The molecule has 0 aliphatic carbocycles. The summed E-state index contributed by atoms with van der Waals surface area (Å²) >= 11 is 0. The highest BCUT2D eigenvalue weighted by Crippen LogP contribution is 2.25. The van der Waals surface area contributed by atoms with E-state index in [0.717, 1.165) is 12.8 Å². The number of nitrogens with one attached hydrogen (secondary N) is 2. The first kappa shape index (κ1) is 22.7. The summed E-state index contributed by atoms with van der Waals surface area (Å²) < 4.78 is 5.47. The number of carbonyl (C=O) groups is 3. The molecule has 7 nitrogen and oxygen atoms in total. The van der Waals surface area contributed by atoms with Crippen LogP contribution in [0.1, 0.15) is 46.1 Å². The van der Waals surface area contributed by atoms with Crippen molar-refractivity contribution >= 4 is 17.7 Å². The summed E-state index contributed by atoms with van der Waals surface area (Å²) in [6.45, 7) is 9.01. The molecule has 1 aromatic carbocycles. The number of hydrogen-bond donors (Lipinski definition) is 2. The summed E-state index contributed by atoms with van der Waals surface area (Å²) in [4.78, 5) is 38.0. The zero-order chi connectivity index (χ0) is 21.4. The van der Waals surface area contributed by atoms with Crippen LogP contribution < -0.4 is 15.4 Å². The lowest BCUT2D eigenvalue weighted by Crippen LogP contribution is -2.43. The standard InChI is InChI=1S/C22H33N3O4/c1-5-6-16-7-9-18(10-8-16)29-15-19(26)23-11-12-24-21(28)17-13-20(27)25(14-17)22(2,3)4/h7-10,17H,5-6,11-15H2,1-4H3,(H,23,26)(H,24,28). The van der Waals surface area contributed by atoms with E-state index < -0.39 is 0 Å². The molecule has 0 radical (unpaired) electrons. The number of hydrogen-bond acceptors (Lipinski definition) is 4. The van der Waals surface area contributed by atoms with Crippen molar-refractivity contribution in [3.05, 3.63) is 29.8 Å². The topological polar surface area (TPSA) is 87.7 Å². The molecule has 0 aromatic heterocycles. The Labute approximate surface area is 173 Å². The Morgan fingerprint density at radius 1 is 1.14 bits per heavy atom. The van der Waals surface area contributed by atoms with Crippen LogP contribution in [0.25, 0.3) is 0 Å². The van der Waals surface area contributed by atoms with Crippen molar-refractivity contribution in [2.75, 3.05) is 26.2 Å². The fraction of sp³-hybridized carbons (Fsp3) is 0.591. The molecule has 7 heteroatoms. The normalized spacial score (nSPS) is 16.6. The molecule has 1 aliphatic rings. The molecule has 1 aromatic rings. The summed E-state index contributed by atoms with van der Waals surface area (Å²) in [5, 5.41) is 5.51. The Kier molecular flexibility index (Phi) is 8.05. The smallest absolute Gasteiger partial charge is 0.258 e. The number of carbonyl (C=O) groups excluding carboxylic acids is 3. The second-order valence-electron chi connectivity index (χ2n) is 8.40. The molecular weight excluding hydrogens is 370 g/mol. The predicted molar refractivity (Wildman–Crippen MR) is 112 cm³/mol. The fourth-order valence-corrected chi connectivity index (χ4v) is 3.30. The molecule has 160 valence electrons. The van der Waals surface area contributed by atoms with Gasteiger partial charge in [0, 0.05) is 31.6 Å². The lowest BCUT2D eigenvalue weighted by molar-refractivity contribution is -0.132. The van der Waals surface area contributed by atoms with Gasteiger partial charge in [0.2, 0.25) is 11.8 Å². The molecule has 0 bridgehead atoms. The van der Waals surface area contributed by atoms with Crippen molar-refractivity contribution in [2.24, 2.45) is 5.92 Å². The minimum Gasteiger partial charge on any atom is -0.484 e. The highest BCUT2D eigenvalue weighted by atomic mass is 16.5. The maximum Gasteiger partial charge on any atom is 0.258 e. The van der Waals surface area contributed by atoms with E-state index in [-0.39, 0.29) is 42.2 Å². The molecule has 0 spiro atoms. The van der Waals surface area contributed by atoms with Crippen molar-refractivity contribution < 1.29 is 19.1 Å². The second-order valence-corrected chi connectivity index (χ2v) is 8.40. The molecule has 0 saturated carbocycles. The van der Waals surface area contributed by atoms with Gasteiger partial charge in [-0.2, -0.15) is 0 Å². The van der Waals surface area contributed by atoms with Crippen molar-refractivity contribution in [3.8, 4) is 5.75 Å². The van der Waals surface area contributed by atoms with Crippen molar-refractivity contribution in [2.45, 2.75) is 52.5 Å². The van der Waals surface area contributed by atoms with Gasteiger partial charge in [0.1, 0.15) is 5.75 Å². The molecule has 2 N–H and O–H groups in total. The average molecular weight is 404 g/mol. The quantitative estimate of drug-likeness (QED) is 0.617. The molecule has 1 aliphatic heterocycles. The van der Waals surface area contributed by atoms with Gasteiger partial charge in [0.25, 0.3) is 5.91 Å². The zero-order valence-corrected chi connectivity index (χ0v) is 17.9. The van der Waals surface area contributed by atoms with Crippen molar-refractivity contribution in [1.82, 2.24) is 15.5 Å². The van der Waals surface area contributed by atoms with Crippen LogP contribution in [0, 0.1) is 5.92 Å². The maximum atomic E-state index is 12.3. The lowest BCUT2D eigenvalue weighted by Gasteiger charge is -2.31. The van der Waals surface area contributed by atoms with Crippen LogP contribution in [0.2, 0.25) is 0 Å². The Morgan fingerprint density at radius 3 is 2.38 bits per heavy atom. The first-order valence-corrected chi connectivity index (χ1v) is 10.3. The minimum atomic E-state index is -0.337. The van der Waals surface area contributed by atoms with Crippen LogP contribution in [0.4, 0.5) is 0 Å². The number of aryl methyl sites for hydroxylation is 1. The van der Waals surface area contributed by atoms with Gasteiger partial charge in [-0.1, -0.05) is 25.5 Å². The second kappa shape index (κ2) is 10.3. The van der Waals surface area contributed by atoms with E-state index in [1.165, 1.54) is 5.56 Å². The Morgan fingerprint density at radius 2 is 1.79 bits per heavy atom. The number of likely N-dealkylation sites (tertiary alicyclic amines) is 1. The van der Waals surface area contributed by atoms with Crippen LogP contribution in [0.5, 0.6) is 5.75 Å². The van der Waals surface area contributed by atoms with Gasteiger partial charge in [-0.3, -0.25) is 14.4 Å². The van der Waals surface area contributed by atoms with E-state index in [1.54, 1.807) is 4.90 Å². The Hall–Kier alpha value is -2.57. The third-order valence-corrected chi connectivity index (χ3v) is 4.88. The Balaban J connectivity index is 1.63. The highest BCUT2D eigenvalue weighted by molar-refractivity contribution is 5.89. The number of benzene rings is 1. The first-order valence-electron chi connectivity index (χ1n) is 10.3. The number of nitrogens with zero attached hydrogens (tertiary/aromatic N) is 1. The largest absolute Gasteiger partial charge is 0.484 e. The average Bonchev–Trinajstić information content (AvgIpc) is 3.07. The van der Waals surface area contributed by atoms with Crippen LogP contribution in [-0.4, -0.2) is 54.4 Å². The van der Waals surface area contributed by atoms with E-state index in [9.17, 15) is 14.4 Å². The summed E-state index contributed by atoms with van der Waals surface area (Å²) in [5.74, 6) is -0.0699. The molecule has 1 atom stereocenters. The zero-order valence-electron chi connectivity index (χ0n) is 17.9. The van der Waals surface area contributed by atoms with E-state index in [1.807, 2.05) is 45.0 Å². The van der Waals surface area contributed by atoms with Crippen LogP contribution in [0.3, 0.4) is 0 Å². The summed E-state index contributed by atoms with van der Waals surface area (Å²) in [7, 11) is 0. The van der Waals surface area contributed by atoms with Gasteiger partial charge >= 0.3 is 0 Å². The van der Waals surface area contributed by atoms with Crippen LogP contribution in [0.15, 0.2) is 24.3 Å². The molecule has 1 unspecified atom stereocenters. The monoisotopic (exact) mass is 403 g/mol. The maximum absolute atomic E-state index is 12.3. The van der Waals surface area contributed by atoms with Crippen molar-refractivity contribution in [3.63, 3.8) is 0 Å². The number of amides is 3. The molecule has 1 fully saturated rings. The number of rotatable bonds is 9. The van der Waals surface area contributed by atoms with E-state index in [2.05, 4.69) is 17.6 Å². The van der Waals surface area contributed by atoms with Gasteiger partial charge in [0.05, 0.1) is 5.92 Å². The van der Waals surface area contributed by atoms with Crippen LogP contribution in [-0.2, 0) is 20.8 Å². The van der Waals surface area contributed by atoms with Gasteiger partial charge in [-0.05, 0) is 44.9 Å². The lowest BCUT2D eigenvalue weighted by atomic mass is 10.1. The van der Waals surface area contributed by atoms with Gasteiger partial charge in [0.15, 0.2) is 6.61 Å². The SMILES string of the molecule is CCCc1ccc(OCC(=O)NCCNC(=O)C2CC(=O)N(C(C)(C)C)C2)cc1. The molecule has 3 amide bonds.